The molecule has 3 heterocycles. The molecule has 7 heteroatoms. The summed E-state index contributed by atoms with van der Waals surface area (Å²) in [6, 6.07) is 0.225. The molecule has 0 aliphatic carbocycles. The van der Waals surface area contributed by atoms with Gasteiger partial charge in [0.1, 0.15) is 0 Å². The van der Waals surface area contributed by atoms with Gasteiger partial charge in [0.25, 0.3) is 0 Å². The topological polar surface area (TPSA) is 71.5 Å². The van der Waals surface area contributed by atoms with Crippen molar-refractivity contribution in [3.05, 3.63) is 10.6 Å². The van der Waals surface area contributed by atoms with Gasteiger partial charge in [-0.05, 0) is 26.7 Å². The van der Waals surface area contributed by atoms with E-state index in [1.165, 1.54) is 11.3 Å². The highest BCUT2D eigenvalue weighted by atomic mass is 32.1. The molecule has 2 saturated heterocycles. The highest BCUT2D eigenvalue weighted by Gasteiger charge is 2.38. The van der Waals surface area contributed by atoms with Crippen LogP contribution in [0.4, 0.5) is 5.13 Å². The summed E-state index contributed by atoms with van der Waals surface area (Å²) >= 11 is 1.47. The van der Waals surface area contributed by atoms with E-state index in [9.17, 15) is 9.59 Å². The van der Waals surface area contributed by atoms with Gasteiger partial charge in [-0.2, -0.15) is 0 Å². The SMILES string of the molecule is Cc1nc(NC(=O)C2CC(=O)N(C3CCOCC3)C2)sc1C. The second-order valence-corrected chi connectivity index (χ2v) is 7.14. The summed E-state index contributed by atoms with van der Waals surface area (Å²) in [5.74, 6) is -0.296. The molecule has 1 aromatic heterocycles. The highest BCUT2D eigenvalue weighted by molar-refractivity contribution is 7.15. The smallest absolute Gasteiger partial charge is 0.231 e. The Balaban J connectivity index is 1.60. The average molecular weight is 323 g/mol. The van der Waals surface area contributed by atoms with Gasteiger partial charge in [-0.25, -0.2) is 4.98 Å². The molecule has 2 fully saturated rings. The van der Waals surface area contributed by atoms with Crippen molar-refractivity contribution in [1.82, 2.24) is 9.88 Å². The number of hydrogen-bond donors (Lipinski definition) is 1. The quantitative estimate of drug-likeness (QED) is 0.919. The molecule has 2 aliphatic heterocycles. The first-order chi connectivity index (χ1) is 10.5. The van der Waals surface area contributed by atoms with Crippen LogP contribution in [0.5, 0.6) is 0 Å². The lowest BCUT2D eigenvalue weighted by molar-refractivity contribution is -0.131. The molecule has 0 radical (unpaired) electrons. The molecule has 0 bridgehead atoms. The van der Waals surface area contributed by atoms with Crippen LogP contribution in [0, 0.1) is 19.8 Å². The molecular formula is C15H21N3O3S. The number of likely N-dealkylation sites (tertiary alicyclic amines) is 1. The lowest BCUT2D eigenvalue weighted by Gasteiger charge is -2.31. The fourth-order valence-electron chi connectivity index (χ4n) is 2.99. The van der Waals surface area contributed by atoms with Crippen LogP contribution in [0.15, 0.2) is 0 Å². The Morgan fingerprint density at radius 1 is 1.36 bits per heavy atom. The lowest BCUT2D eigenvalue weighted by atomic mass is 10.1. The van der Waals surface area contributed by atoms with Gasteiger partial charge in [0.15, 0.2) is 5.13 Å². The van der Waals surface area contributed by atoms with Gasteiger partial charge in [-0.3, -0.25) is 9.59 Å². The number of nitrogens with zero attached hydrogens (tertiary/aromatic N) is 2. The molecule has 3 rings (SSSR count). The van der Waals surface area contributed by atoms with Crippen molar-refractivity contribution in [2.45, 2.75) is 39.2 Å². The molecule has 1 N–H and O–H groups in total. The van der Waals surface area contributed by atoms with E-state index in [1.807, 2.05) is 18.7 Å². The summed E-state index contributed by atoms with van der Waals surface area (Å²) in [6.45, 7) is 5.81. The second kappa shape index (κ2) is 6.34. The zero-order chi connectivity index (χ0) is 15.7. The molecule has 1 aromatic rings. The van der Waals surface area contributed by atoms with E-state index in [2.05, 4.69) is 10.3 Å². The van der Waals surface area contributed by atoms with Crippen LogP contribution in [0.1, 0.15) is 29.8 Å². The molecular weight excluding hydrogens is 302 g/mol. The number of anilines is 1. The Labute approximate surface area is 133 Å². The first-order valence-electron chi connectivity index (χ1n) is 7.66. The molecule has 6 nitrogen and oxygen atoms in total. The predicted molar refractivity (Wildman–Crippen MR) is 83.9 cm³/mol. The summed E-state index contributed by atoms with van der Waals surface area (Å²) in [7, 11) is 0. The van der Waals surface area contributed by atoms with Gasteiger partial charge in [0.05, 0.1) is 11.6 Å². The summed E-state index contributed by atoms with van der Waals surface area (Å²) in [5, 5.41) is 3.48. The first kappa shape index (κ1) is 15.4. The number of aromatic nitrogens is 1. The zero-order valence-electron chi connectivity index (χ0n) is 12.9. The van der Waals surface area contributed by atoms with E-state index in [0.29, 0.717) is 31.3 Å². The lowest BCUT2D eigenvalue weighted by Crippen LogP contribution is -2.41. The van der Waals surface area contributed by atoms with E-state index in [1.54, 1.807) is 0 Å². The maximum Gasteiger partial charge on any atom is 0.231 e. The van der Waals surface area contributed by atoms with Crippen molar-refractivity contribution in [3.8, 4) is 0 Å². The number of amides is 2. The molecule has 1 unspecified atom stereocenters. The molecule has 2 amide bonds. The molecule has 120 valence electrons. The molecule has 1 atom stereocenters. The van der Waals surface area contributed by atoms with Crippen molar-refractivity contribution >= 4 is 28.3 Å². The van der Waals surface area contributed by atoms with E-state index < -0.39 is 0 Å². The number of ether oxygens (including phenoxy) is 1. The van der Waals surface area contributed by atoms with E-state index in [4.69, 9.17) is 4.74 Å². The number of carbonyl (C=O) groups excluding carboxylic acids is 2. The minimum atomic E-state index is -0.278. The van der Waals surface area contributed by atoms with Gasteiger partial charge in [-0.1, -0.05) is 0 Å². The van der Waals surface area contributed by atoms with E-state index in [0.717, 1.165) is 23.4 Å². The van der Waals surface area contributed by atoms with Gasteiger partial charge in [-0.15, -0.1) is 11.3 Å². The molecule has 0 spiro atoms. The fourth-order valence-corrected chi connectivity index (χ4v) is 3.81. The Morgan fingerprint density at radius 3 is 2.73 bits per heavy atom. The van der Waals surface area contributed by atoms with Gasteiger partial charge >= 0.3 is 0 Å². The van der Waals surface area contributed by atoms with Crippen LogP contribution in [0.2, 0.25) is 0 Å². The van der Waals surface area contributed by atoms with Crippen LogP contribution in [-0.4, -0.2) is 47.5 Å². The van der Waals surface area contributed by atoms with Crippen LogP contribution in [0.25, 0.3) is 0 Å². The second-order valence-electron chi connectivity index (χ2n) is 5.94. The largest absolute Gasteiger partial charge is 0.381 e. The standard InChI is InChI=1S/C15H21N3O3S/c1-9-10(2)22-15(16-9)17-14(20)11-7-13(19)18(8-11)12-3-5-21-6-4-12/h11-12H,3-8H2,1-2H3,(H,16,17,20). The normalized spacial score (nSPS) is 23.1. The Kier molecular flexibility index (Phi) is 4.44. The van der Waals surface area contributed by atoms with E-state index >= 15 is 0 Å². The molecule has 0 aromatic carbocycles. The van der Waals surface area contributed by atoms with Crippen molar-refractivity contribution in [1.29, 1.82) is 0 Å². The summed E-state index contributed by atoms with van der Waals surface area (Å²) in [6.07, 6.45) is 2.03. The molecule has 0 saturated carbocycles. The van der Waals surface area contributed by atoms with Gasteiger partial charge < -0.3 is 15.0 Å². The number of rotatable bonds is 3. The van der Waals surface area contributed by atoms with Crippen molar-refractivity contribution < 1.29 is 14.3 Å². The average Bonchev–Trinajstić information content (AvgIpc) is 3.03. The van der Waals surface area contributed by atoms with Crippen LogP contribution < -0.4 is 5.32 Å². The Hall–Kier alpha value is -1.47. The maximum atomic E-state index is 12.4. The Bertz CT molecular complexity index is 561. The number of aryl methyl sites for hydroxylation is 2. The number of carbonyl (C=O) groups is 2. The van der Waals surface area contributed by atoms with Crippen LogP contribution in [-0.2, 0) is 14.3 Å². The zero-order valence-corrected chi connectivity index (χ0v) is 13.7. The molecule has 2 aliphatic rings. The summed E-state index contributed by atoms with van der Waals surface area (Å²) < 4.78 is 5.34. The number of hydrogen-bond acceptors (Lipinski definition) is 5. The van der Waals surface area contributed by atoms with Crippen molar-refractivity contribution in [3.63, 3.8) is 0 Å². The minimum Gasteiger partial charge on any atom is -0.381 e. The number of thiazole rings is 1. The van der Waals surface area contributed by atoms with Gasteiger partial charge in [0.2, 0.25) is 11.8 Å². The first-order valence-corrected chi connectivity index (χ1v) is 8.48. The maximum absolute atomic E-state index is 12.4. The van der Waals surface area contributed by atoms with Crippen LogP contribution in [0.3, 0.4) is 0 Å². The fraction of sp³-hybridized carbons (Fsp3) is 0.667. The van der Waals surface area contributed by atoms with E-state index in [-0.39, 0.29) is 23.8 Å². The minimum absolute atomic E-state index is 0.0820. The third-order valence-electron chi connectivity index (χ3n) is 4.42. The third kappa shape index (κ3) is 3.15. The van der Waals surface area contributed by atoms with Crippen molar-refractivity contribution in [2.75, 3.05) is 25.1 Å². The predicted octanol–water partition coefficient (Wildman–Crippen LogP) is 1.73. The van der Waals surface area contributed by atoms with Crippen molar-refractivity contribution in [2.24, 2.45) is 5.92 Å². The third-order valence-corrected chi connectivity index (χ3v) is 5.41. The summed E-state index contributed by atoms with van der Waals surface area (Å²) in [5.41, 5.74) is 0.937. The van der Waals surface area contributed by atoms with Gasteiger partial charge in [0, 0.05) is 37.1 Å². The Morgan fingerprint density at radius 2 is 2.09 bits per heavy atom. The highest BCUT2D eigenvalue weighted by Crippen LogP contribution is 2.27. The molecule has 22 heavy (non-hydrogen) atoms. The van der Waals surface area contributed by atoms with Crippen LogP contribution >= 0.6 is 11.3 Å². The number of nitrogens with one attached hydrogen (secondary N) is 1. The monoisotopic (exact) mass is 323 g/mol. The summed E-state index contributed by atoms with van der Waals surface area (Å²) in [4.78, 5) is 31.8.